The van der Waals surface area contributed by atoms with Crippen LogP contribution < -0.4 is 5.32 Å². The number of carbonyl (C=O) groups is 1. The lowest BCUT2D eigenvalue weighted by Crippen LogP contribution is -2.50. The van der Waals surface area contributed by atoms with E-state index in [9.17, 15) is 30.8 Å². The van der Waals surface area contributed by atoms with E-state index in [1.165, 1.54) is 24.3 Å². The summed E-state index contributed by atoms with van der Waals surface area (Å²) in [6.07, 6.45) is -4.65. The van der Waals surface area contributed by atoms with Crippen LogP contribution in [-0.2, 0) is 21.0 Å². The van der Waals surface area contributed by atoms with Crippen LogP contribution in [0.25, 0.3) is 0 Å². The highest BCUT2D eigenvalue weighted by Crippen LogP contribution is 2.36. The van der Waals surface area contributed by atoms with Gasteiger partial charge in [0.05, 0.1) is 17.1 Å². The number of alkyl halides is 3. The van der Waals surface area contributed by atoms with Crippen molar-refractivity contribution in [3.8, 4) is 0 Å². The maximum absolute atomic E-state index is 13.9. The predicted molar refractivity (Wildman–Crippen MR) is 107 cm³/mol. The topological polar surface area (TPSA) is 69.7 Å². The standard InChI is InChI=1S/C19H18ClF4N3O3S/c20-15-6-5-13(11-14(15)19(22,23)24)25-18(28)12-26-7-9-27(10-8-26)31(29,30)17-4-2-1-3-16(17)21/h1-6,11H,7-10,12H2,(H,25,28). The highest BCUT2D eigenvalue weighted by molar-refractivity contribution is 7.89. The summed E-state index contributed by atoms with van der Waals surface area (Å²) in [5.74, 6) is -1.40. The Morgan fingerprint density at radius 1 is 1.06 bits per heavy atom. The average molecular weight is 480 g/mol. The number of nitrogens with zero attached hydrogens (tertiary/aromatic N) is 2. The average Bonchev–Trinajstić information content (AvgIpc) is 2.69. The van der Waals surface area contributed by atoms with E-state index in [2.05, 4.69) is 5.32 Å². The molecule has 168 valence electrons. The third-order valence-electron chi connectivity index (χ3n) is 4.71. The fraction of sp³-hybridized carbons (Fsp3) is 0.316. The van der Waals surface area contributed by atoms with Crippen LogP contribution in [0.15, 0.2) is 47.4 Å². The van der Waals surface area contributed by atoms with Crippen LogP contribution in [0.1, 0.15) is 5.56 Å². The van der Waals surface area contributed by atoms with E-state index in [-0.39, 0.29) is 38.4 Å². The van der Waals surface area contributed by atoms with Crippen molar-refractivity contribution in [2.75, 3.05) is 38.0 Å². The van der Waals surface area contributed by atoms with Gasteiger partial charge in [0.2, 0.25) is 15.9 Å². The van der Waals surface area contributed by atoms with Crippen LogP contribution in [0.4, 0.5) is 23.2 Å². The lowest BCUT2D eigenvalue weighted by Gasteiger charge is -2.33. The van der Waals surface area contributed by atoms with Gasteiger partial charge in [0.1, 0.15) is 10.7 Å². The van der Waals surface area contributed by atoms with Crippen LogP contribution in [0.5, 0.6) is 0 Å². The zero-order valence-corrected chi connectivity index (χ0v) is 17.6. The Labute approximate surface area is 181 Å². The molecule has 31 heavy (non-hydrogen) atoms. The molecule has 1 saturated heterocycles. The molecule has 1 N–H and O–H groups in total. The van der Waals surface area contributed by atoms with E-state index in [0.29, 0.717) is 0 Å². The maximum atomic E-state index is 13.9. The number of hydrogen-bond acceptors (Lipinski definition) is 4. The number of carbonyl (C=O) groups excluding carboxylic acids is 1. The molecule has 0 spiro atoms. The molecule has 0 saturated carbocycles. The van der Waals surface area contributed by atoms with Crippen molar-refractivity contribution >= 4 is 33.2 Å². The van der Waals surface area contributed by atoms with Crippen LogP contribution in [-0.4, -0.2) is 56.3 Å². The van der Waals surface area contributed by atoms with Crippen LogP contribution in [0.3, 0.4) is 0 Å². The van der Waals surface area contributed by atoms with Gasteiger partial charge in [0, 0.05) is 31.9 Å². The molecular formula is C19H18ClF4N3O3S. The SMILES string of the molecule is O=C(CN1CCN(S(=O)(=O)c2ccccc2F)CC1)Nc1ccc(Cl)c(C(F)(F)F)c1. The molecule has 2 aromatic rings. The molecule has 0 atom stereocenters. The molecule has 1 heterocycles. The zero-order valence-electron chi connectivity index (χ0n) is 16.0. The van der Waals surface area contributed by atoms with Crippen molar-refractivity contribution in [2.24, 2.45) is 0 Å². The van der Waals surface area contributed by atoms with E-state index in [1.54, 1.807) is 4.90 Å². The highest BCUT2D eigenvalue weighted by Gasteiger charge is 2.34. The van der Waals surface area contributed by atoms with Crippen LogP contribution >= 0.6 is 11.6 Å². The number of piperazine rings is 1. The summed E-state index contributed by atoms with van der Waals surface area (Å²) in [6.45, 7) is 0.356. The Hall–Kier alpha value is -2.21. The first-order valence-corrected chi connectivity index (χ1v) is 10.9. The largest absolute Gasteiger partial charge is 0.417 e. The molecule has 1 amide bonds. The van der Waals surface area contributed by atoms with Gasteiger partial charge >= 0.3 is 6.18 Å². The third-order valence-corrected chi connectivity index (χ3v) is 6.97. The minimum Gasteiger partial charge on any atom is -0.325 e. The monoisotopic (exact) mass is 479 g/mol. The Morgan fingerprint density at radius 3 is 2.32 bits per heavy atom. The number of amides is 1. The second kappa shape index (κ2) is 9.11. The number of nitrogens with one attached hydrogen (secondary N) is 1. The van der Waals surface area contributed by atoms with Gasteiger partial charge in [0.15, 0.2) is 0 Å². The van der Waals surface area contributed by atoms with Gasteiger partial charge in [-0.2, -0.15) is 17.5 Å². The lowest BCUT2D eigenvalue weighted by molar-refractivity contribution is -0.137. The van der Waals surface area contributed by atoms with E-state index in [0.717, 1.165) is 22.5 Å². The second-order valence-corrected chi connectivity index (χ2v) is 9.16. The zero-order chi connectivity index (χ0) is 22.8. The van der Waals surface area contributed by atoms with Gasteiger partial charge < -0.3 is 5.32 Å². The molecule has 12 heteroatoms. The number of rotatable bonds is 5. The summed E-state index contributed by atoms with van der Waals surface area (Å²) < 4.78 is 79.0. The van der Waals surface area contributed by atoms with E-state index in [4.69, 9.17) is 11.6 Å². The van der Waals surface area contributed by atoms with Crippen molar-refractivity contribution in [1.29, 1.82) is 0 Å². The Bertz CT molecular complexity index is 1070. The molecule has 6 nitrogen and oxygen atoms in total. The number of sulfonamides is 1. The van der Waals surface area contributed by atoms with E-state index < -0.39 is 43.4 Å². The van der Waals surface area contributed by atoms with E-state index >= 15 is 0 Å². The second-order valence-electron chi connectivity index (χ2n) is 6.85. The summed E-state index contributed by atoms with van der Waals surface area (Å²) in [5, 5.41) is 1.91. The van der Waals surface area contributed by atoms with E-state index in [1.807, 2.05) is 0 Å². The van der Waals surface area contributed by atoms with Crippen molar-refractivity contribution in [2.45, 2.75) is 11.1 Å². The minimum absolute atomic E-state index is 0.0448. The number of benzene rings is 2. The molecule has 0 bridgehead atoms. The van der Waals surface area contributed by atoms with Crippen LogP contribution in [0, 0.1) is 5.82 Å². The molecule has 1 fully saturated rings. The van der Waals surface area contributed by atoms with Gasteiger partial charge in [-0.05, 0) is 30.3 Å². The van der Waals surface area contributed by atoms with Crippen molar-refractivity contribution < 1.29 is 30.8 Å². The van der Waals surface area contributed by atoms with Gasteiger partial charge in [-0.1, -0.05) is 23.7 Å². The molecule has 1 aliphatic heterocycles. The van der Waals surface area contributed by atoms with Gasteiger partial charge in [-0.25, -0.2) is 12.8 Å². The summed E-state index contributed by atoms with van der Waals surface area (Å²) in [4.78, 5) is 13.5. The first kappa shape index (κ1) is 23.5. The Kier molecular flexibility index (Phi) is 6.89. The van der Waals surface area contributed by atoms with Gasteiger partial charge in [-0.15, -0.1) is 0 Å². The summed E-state index contributed by atoms with van der Waals surface area (Å²) >= 11 is 5.56. The van der Waals surface area contributed by atoms with Crippen molar-refractivity contribution in [3.05, 3.63) is 58.9 Å². The van der Waals surface area contributed by atoms with Crippen LogP contribution in [0.2, 0.25) is 5.02 Å². The first-order valence-electron chi connectivity index (χ1n) is 9.12. The Balaban J connectivity index is 1.58. The fourth-order valence-electron chi connectivity index (χ4n) is 3.14. The predicted octanol–water partition coefficient (Wildman–Crippen LogP) is 3.44. The highest BCUT2D eigenvalue weighted by atomic mass is 35.5. The molecule has 0 aliphatic carbocycles. The van der Waals surface area contributed by atoms with Gasteiger partial charge in [-0.3, -0.25) is 9.69 Å². The van der Waals surface area contributed by atoms with Gasteiger partial charge in [0.25, 0.3) is 0 Å². The summed E-state index contributed by atoms with van der Waals surface area (Å²) in [7, 11) is -4.00. The molecule has 3 rings (SSSR count). The number of anilines is 1. The molecule has 0 radical (unpaired) electrons. The fourth-order valence-corrected chi connectivity index (χ4v) is 4.86. The maximum Gasteiger partial charge on any atom is 0.417 e. The number of hydrogen-bond donors (Lipinski definition) is 1. The molecule has 2 aromatic carbocycles. The molecule has 0 aromatic heterocycles. The third kappa shape index (κ3) is 5.53. The Morgan fingerprint density at radius 2 is 1.71 bits per heavy atom. The number of halogens is 5. The van der Waals surface area contributed by atoms with Crippen molar-refractivity contribution in [1.82, 2.24) is 9.21 Å². The minimum atomic E-state index is -4.65. The quantitative estimate of drug-likeness (QED) is 0.667. The molecule has 0 unspecified atom stereocenters. The van der Waals surface area contributed by atoms with Crippen molar-refractivity contribution in [3.63, 3.8) is 0 Å². The summed E-state index contributed by atoms with van der Waals surface area (Å²) in [6, 6.07) is 8.13. The lowest BCUT2D eigenvalue weighted by atomic mass is 10.2. The first-order chi connectivity index (χ1) is 14.5. The molecular weight excluding hydrogens is 462 g/mol. The molecule has 1 aliphatic rings. The smallest absolute Gasteiger partial charge is 0.325 e. The summed E-state index contributed by atoms with van der Waals surface area (Å²) in [5.41, 5.74) is -1.11. The normalized spacial score (nSPS) is 16.3.